The number of hydrogen-bond acceptors (Lipinski definition) is 7. The van der Waals surface area contributed by atoms with Gasteiger partial charge in [-0.25, -0.2) is 8.42 Å². The molecule has 7 nitrogen and oxygen atoms in total. The van der Waals surface area contributed by atoms with Gasteiger partial charge < -0.3 is 25.2 Å². The fraction of sp³-hybridized carbons (Fsp3) is 0.571. The number of hydrogen-bond donors (Lipinski definition) is 4. The number of aliphatic hydroxyl groups is 4. The lowest BCUT2D eigenvalue weighted by molar-refractivity contribution is -0.229. The van der Waals surface area contributed by atoms with Crippen LogP contribution in [0.1, 0.15) is 6.42 Å². The normalized spacial score (nSPS) is 32.8. The lowest BCUT2D eigenvalue weighted by Crippen LogP contribution is -2.58. The molecule has 0 bridgehead atoms. The molecular formula is C14H20O7S. The van der Waals surface area contributed by atoms with Crippen molar-refractivity contribution in [2.24, 2.45) is 0 Å². The second-order valence-corrected chi connectivity index (χ2v) is 7.40. The fourth-order valence-corrected chi connectivity index (χ4v) is 3.78. The van der Waals surface area contributed by atoms with E-state index in [9.17, 15) is 23.7 Å². The summed E-state index contributed by atoms with van der Waals surface area (Å²) < 4.78 is 29.6. The quantitative estimate of drug-likeness (QED) is 0.528. The minimum atomic E-state index is -3.54. The molecule has 0 spiro atoms. The molecule has 5 atom stereocenters. The van der Waals surface area contributed by atoms with Gasteiger partial charge in [-0.15, -0.1) is 0 Å². The van der Waals surface area contributed by atoms with Crippen LogP contribution in [0.5, 0.6) is 0 Å². The zero-order valence-corrected chi connectivity index (χ0v) is 12.6. The number of ether oxygens (including phenoxy) is 1. The first-order valence-electron chi connectivity index (χ1n) is 6.95. The van der Waals surface area contributed by atoms with Crippen LogP contribution in [0, 0.1) is 0 Å². The summed E-state index contributed by atoms with van der Waals surface area (Å²) in [5.41, 5.74) is 0. The van der Waals surface area contributed by atoms with Gasteiger partial charge in [-0.1, -0.05) is 18.2 Å². The first kappa shape index (κ1) is 17.3. The van der Waals surface area contributed by atoms with Crippen LogP contribution in [-0.4, -0.2) is 71.7 Å². The van der Waals surface area contributed by atoms with Crippen molar-refractivity contribution in [1.29, 1.82) is 0 Å². The molecule has 1 aromatic carbocycles. The van der Waals surface area contributed by atoms with Crippen molar-refractivity contribution in [2.45, 2.75) is 41.8 Å². The summed E-state index contributed by atoms with van der Waals surface area (Å²) in [4.78, 5) is 0.166. The van der Waals surface area contributed by atoms with Gasteiger partial charge >= 0.3 is 0 Å². The van der Waals surface area contributed by atoms with E-state index in [1.165, 1.54) is 12.1 Å². The van der Waals surface area contributed by atoms with Gasteiger partial charge in [-0.05, 0) is 18.6 Å². The van der Waals surface area contributed by atoms with Crippen molar-refractivity contribution in [3.05, 3.63) is 30.3 Å². The Hall–Kier alpha value is -1.03. The summed E-state index contributed by atoms with van der Waals surface area (Å²) in [6.45, 7) is -0.535. The monoisotopic (exact) mass is 332 g/mol. The molecule has 0 aromatic heterocycles. The molecule has 1 saturated heterocycles. The van der Waals surface area contributed by atoms with Gasteiger partial charge in [0, 0.05) is 0 Å². The van der Waals surface area contributed by atoms with E-state index < -0.39 is 47.0 Å². The van der Waals surface area contributed by atoms with Crippen LogP contribution in [0.25, 0.3) is 0 Å². The van der Waals surface area contributed by atoms with Crippen LogP contribution in [0.2, 0.25) is 0 Å². The van der Waals surface area contributed by atoms with Crippen molar-refractivity contribution in [2.75, 3.05) is 12.4 Å². The predicted octanol–water partition coefficient (Wildman–Crippen LogP) is -1.31. The molecule has 0 aliphatic carbocycles. The molecule has 1 aliphatic heterocycles. The lowest BCUT2D eigenvalue weighted by Gasteiger charge is -2.40. The zero-order valence-electron chi connectivity index (χ0n) is 11.8. The van der Waals surface area contributed by atoms with Gasteiger partial charge in [0.25, 0.3) is 0 Å². The van der Waals surface area contributed by atoms with E-state index in [1.54, 1.807) is 18.2 Å². The highest BCUT2D eigenvalue weighted by molar-refractivity contribution is 7.91. The standard InChI is InChI=1S/C14H20O7S/c15-8-11-13(17)14(18)12(16)10(21-11)6-7-22(19,20)9-4-2-1-3-5-9/h1-5,10-18H,6-8H2/t10-,11-,12+,13-,14-/m1/s1. The molecule has 1 aliphatic rings. The van der Waals surface area contributed by atoms with Gasteiger partial charge in [-0.3, -0.25) is 0 Å². The average molecular weight is 332 g/mol. The molecule has 2 rings (SSSR count). The molecule has 8 heteroatoms. The van der Waals surface area contributed by atoms with E-state index in [4.69, 9.17) is 9.84 Å². The molecule has 22 heavy (non-hydrogen) atoms. The highest BCUT2D eigenvalue weighted by atomic mass is 32.2. The molecule has 0 unspecified atom stereocenters. The van der Waals surface area contributed by atoms with E-state index in [-0.39, 0.29) is 17.1 Å². The number of benzene rings is 1. The number of aliphatic hydroxyl groups excluding tert-OH is 4. The van der Waals surface area contributed by atoms with E-state index in [0.717, 1.165) is 0 Å². The van der Waals surface area contributed by atoms with Crippen LogP contribution in [-0.2, 0) is 14.6 Å². The highest BCUT2D eigenvalue weighted by Crippen LogP contribution is 2.24. The third-order valence-corrected chi connectivity index (χ3v) is 5.53. The van der Waals surface area contributed by atoms with Gasteiger partial charge in [0.1, 0.15) is 24.4 Å². The largest absolute Gasteiger partial charge is 0.394 e. The van der Waals surface area contributed by atoms with Crippen LogP contribution in [0.15, 0.2) is 35.2 Å². The summed E-state index contributed by atoms with van der Waals surface area (Å²) in [6, 6.07) is 7.88. The Kier molecular flexibility index (Phi) is 5.54. The van der Waals surface area contributed by atoms with Crippen molar-refractivity contribution in [1.82, 2.24) is 0 Å². The predicted molar refractivity (Wildman–Crippen MR) is 76.9 cm³/mol. The maximum Gasteiger partial charge on any atom is 0.178 e. The molecular weight excluding hydrogens is 312 g/mol. The molecule has 124 valence electrons. The van der Waals surface area contributed by atoms with E-state index in [1.807, 2.05) is 0 Å². The topological polar surface area (TPSA) is 124 Å². The molecule has 1 aromatic rings. The van der Waals surface area contributed by atoms with Crippen LogP contribution in [0.4, 0.5) is 0 Å². The molecule has 0 saturated carbocycles. The fourth-order valence-electron chi connectivity index (χ4n) is 2.43. The molecule has 4 N–H and O–H groups in total. The van der Waals surface area contributed by atoms with E-state index >= 15 is 0 Å². The second kappa shape index (κ2) is 7.03. The van der Waals surface area contributed by atoms with Gasteiger partial charge in [0.2, 0.25) is 0 Å². The SMILES string of the molecule is O=S(=O)(CC[C@H]1O[C@H](CO)[C@@H](O)[C@H](O)[C@H]1O)c1ccccc1. The minimum Gasteiger partial charge on any atom is -0.394 e. The van der Waals surface area contributed by atoms with Crippen LogP contribution >= 0.6 is 0 Å². The molecule has 1 fully saturated rings. The van der Waals surface area contributed by atoms with E-state index in [2.05, 4.69) is 0 Å². The molecule has 1 heterocycles. The Morgan fingerprint density at radius 2 is 1.55 bits per heavy atom. The maximum atomic E-state index is 12.2. The average Bonchev–Trinajstić information content (AvgIpc) is 2.53. The Bertz CT molecular complexity index is 572. The van der Waals surface area contributed by atoms with Gasteiger partial charge in [-0.2, -0.15) is 0 Å². The maximum absolute atomic E-state index is 12.2. The summed E-state index contributed by atoms with van der Waals surface area (Å²) >= 11 is 0. The minimum absolute atomic E-state index is 0.0569. The first-order valence-corrected chi connectivity index (χ1v) is 8.60. The number of sulfone groups is 1. The molecule has 0 radical (unpaired) electrons. The van der Waals surface area contributed by atoms with Gasteiger partial charge in [0.15, 0.2) is 9.84 Å². The smallest absolute Gasteiger partial charge is 0.178 e. The van der Waals surface area contributed by atoms with E-state index in [0.29, 0.717) is 0 Å². The van der Waals surface area contributed by atoms with Crippen molar-refractivity contribution in [3.8, 4) is 0 Å². The first-order chi connectivity index (χ1) is 10.4. The Labute approximate surface area is 128 Å². The van der Waals surface area contributed by atoms with Crippen molar-refractivity contribution >= 4 is 9.84 Å². The third kappa shape index (κ3) is 3.65. The van der Waals surface area contributed by atoms with Crippen molar-refractivity contribution in [3.63, 3.8) is 0 Å². The second-order valence-electron chi connectivity index (χ2n) is 5.29. The number of rotatable bonds is 5. The van der Waals surface area contributed by atoms with Crippen LogP contribution < -0.4 is 0 Å². The Morgan fingerprint density at radius 1 is 0.955 bits per heavy atom. The van der Waals surface area contributed by atoms with Crippen LogP contribution in [0.3, 0.4) is 0 Å². The Morgan fingerprint density at radius 3 is 2.14 bits per heavy atom. The van der Waals surface area contributed by atoms with Crippen molar-refractivity contribution < 1.29 is 33.6 Å². The summed E-state index contributed by atoms with van der Waals surface area (Å²) in [5, 5.41) is 38.3. The lowest BCUT2D eigenvalue weighted by atomic mass is 9.94. The summed E-state index contributed by atoms with van der Waals surface area (Å²) in [7, 11) is -3.54. The third-order valence-electron chi connectivity index (χ3n) is 3.76. The summed E-state index contributed by atoms with van der Waals surface area (Å²) in [5.74, 6) is -0.278. The molecule has 0 amide bonds. The Balaban J connectivity index is 2.04. The zero-order chi connectivity index (χ0) is 16.3. The highest BCUT2D eigenvalue weighted by Gasteiger charge is 2.43. The summed E-state index contributed by atoms with van der Waals surface area (Å²) in [6.07, 6.45) is -6.41. The van der Waals surface area contributed by atoms with Gasteiger partial charge in [0.05, 0.1) is 23.4 Å².